The van der Waals surface area contributed by atoms with Crippen LogP contribution in [0.1, 0.15) is 58.8 Å². The van der Waals surface area contributed by atoms with Gasteiger partial charge < -0.3 is 5.32 Å². The molecular formula is C13H27N. The first kappa shape index (κ1) is 13.7. The van der Waals surface area contributed by atoms with Crippen LogP contribution < -0.4 is 5.32 Å². The predicted octanol–water partition coefficient (Wildman–Crippen LogP) is 3.90. The summed E-state index contributed by atoms with van der Waals surface area (Å²) < 4.78 is 0. The Morgan fingerprint density at radius 2 is 2.00 bits per heavy atom. The van der Waals surface area contributed by atoms with Crippen molar-refractivity contribution < 1.29 is 0 Å². The van der Waals surface area contributed by atoms with E-state index in [0.29, 0.717) is 6.04 Å². The minimum absolute atomic E-state index is 0.703. The number of unbranched alkanes of at least 4 members (excludes halogenated alkanes) is 4. The van der Waals surface area contributed by atoms with Gasteiger partial charge in [0.2, 0.25) is 0 Å². The van der Waals surface area contributed by atoms with Crippen LogP contribution in [-0.2, 0) is 0 Å². The fourth-order valence-corrected chi connectivity index (χ4v) is 1.55. The predicted molar refractivity (Wildman–Crippen MR) is 65.7 cm³/mol. The van der Waals surface area contributed by atoms with Gasteiger partial charge in [0.25, 0.3) is 0 Å². The highest BCUT2D eigenvalue weighted by atomic mass is 14.9. The third-order valence-electron chi connectivity index (χ3n) is 2.57. The zero-order valence-electron chi connectivity index (χ0n) is 10.0. The Morgan fingerprint density at radius 1 is 1.21 bits per heavy atom. The van der Waals surface area contributed by atoms with Gasteiger partial charge >= 0.3 is 0 Å². The molecule has 84 valence electrons. The first-order valence-corrected chi connectivity index (χ1v) is 6.15. The van der Waals surface area contributed by atoms with Crippen LogP contribution in [0.4, 0.5) is 0 Å². The minimum Gasteiger partial charge on any atom is -0.314 e. The molecule has 0 saturated carbocycles. The average Bonchev–Trinajstić information content (AvgIpc) is 2.20. The molecule has 0 rings (SSSR count). The van der Waals surface area contributed by atoms with Gasteiger partial charge in [-0.05, 0) is 39.2 Å². The molecule has 0 aliphatic rings. The van der Waals surface area contributed by atoms with E-state index in [1.54, 1.807) is 0 Å². The van der Waals surface area contributed by atoms with E-state index in [4.69, 9.17) is 0 Å². The third-order valence-corrected chi connectivity index (χ3v) is 2.57. The third kappa shape index (κ3) is 9.79. The molecule has 14 heavy (non-hydrogen) atoms. The van der Waals surface area contributed by atoms with Gasteiger partial charge in [-0.25, -0.2) is 0 Å². The average molecular weight is 197 g/mol. The van der Waals surface area contributed by atoms with Crippen molar-refractivity contribution in [2.75, 3.05) is 6.54 Å². The maximum Gasteiger partial charge on any atom is 0.00387 e. The summed E-state index contributed by atoms with van der Waals surface area (Å²) in [4.78, 5) is 0. The molecule has 0 radical (unpaired) electrons. The molecule has 0 fully saturated rings. The molecule has 0 saturated heterocycles. The molecule has 1 heteroatoms. The van der Waals surface area contributed by atoms with Crippen molar-refractivity contribution in [3.05, 3.63) is 12.7 Å². The monoisotopic (exact) mass is 197 g/mol. The van der Waals surface area contributed by atoms with Crippen molar-refractivity contribution in [3.63, 3.8) is 0 Å². The fourth-order valence-electron chi connectivity index (χ4n) is 1.55. The fraction of sp³-hybridized carbons (Fsp3) is 0.846. The lowest BCUT2D eigenvalue weighted by molar-refractivity contribution is 0.481. The molecule has 0 amide bonds. The highest BCUT2D eigenvalue weighted by Crippen LogP contribution is 2.01. The molecular weight excluding hydrogens is 170 g/mol. The number of hydrogen-bond donors (Lipinski definition) is 1. The lowest BCUT2D eigenvalue weighted by Gasteiger charge is -2.12. The molecule has 0 aromatic carbocycles. The van der Waals surface area contributed by atoms with Gasteiger partial charge in [0.15, 0.2) is 0 Å². The van der Waals surface area contributed by atoms with Crippen molar-refractivity contribution in [2.24, 2.45) is 0 Å². The zero-order valence-corrected chi connectivity index (χ0v) is 10.0. The van der Waals surface area contributed by atoms with Crippen LogP contribution in [0.2, 0.25) is 0 Å². The summed E-state index contributed by atoms with van der Waals surface area (Å²) >= 11 is 0. The van der Waals surface area contributed by atoms with E-state index in [2.05, 4.69) is 25.7 Å². The molecule has 0 heterocycles. The smallest absolute Gasteiger partial charge is 0.00387 e. The molecule has 0 aliphatic carbocycles. The molecule has 0 aromatic heterocycles. The number of hydrogen-bond acceptors (Lipinski definition) is 1. The molecule has 0 aliphatic heterocycles. The maximum atomic E-state index is 3.72. The van der Waals surface area contributed by atoms with Gasteiger partial charge in [0, 0.05) is 6.04 Å². The summed E-state index contributed by atoms with van der Waals surface area (Å²) in [7, 11) is 0. The van der Waals surface area contributed by atoms with E-state index in [-0.39, 0.29) is 0 Å². The van der Waals surface area contributed by atoms with Crippen molar-refractivity contribution in [3.8, 4) is 0 Å². The highest BCUT2D eigenvalue weighted by molar-refractivity contribution is 4.66. The SMILES string of the molecule is C=CCCCCCNC(C)CCCC. The van der Waals surface area contributed by atoms with Crippen LogP contribution in [0.3, 0.4) is 0 Å². The molecule has 1 unspecified atom stereocenters. The van der Waals surface area contributed by atoms with Gasteiger partial charge in [-0.3, -0.25) is 0 Å². The number of allylic oxidation sites excluding steroid dienone is 1. The Bertz CT molecular complexity index is 120. The summed E-state index contributed by atoms with van der Waals surface area (Å²) in [6.07, 6.45) is 11.1. The second-order valence-corrected chi connectivity index (χ2v) is 4.14. The minimum atomic E-state index is 0.703. The quantitative estimate of drug-likeness (QED) is 0.414. The first-order valence-electron chi connectivity index (χ1n) is 6.15. The normalized spacial score (nSPS) is 12.7. The first-order chi connectivity index (χ1) is 6.81. The molecule has 0 aromatic rings. The lowest BCUT2D eigenvalue weighted by atomic mass is 10.1. The van der Waals surface area contributed by atoms with E-state index in [0.717, 1.165) is 0 Å². The van der Waals surface area contributed by atoms with Gasteiger partial charge in [0.05, 0.1) is 0 Å². The van der Waals surface area contributed by atoms with Crippen LogP contribution in [-0.4, -0.2) is 12.6 Å². The van der Waals surface area contributed by atoms with Gasteiger partial charge in [-0.2, -0.15) is 0 Å². The van der Waals surface area contributed by atoms with Crippen LogP contribution in [0.25, 0.3) is 0 Å². The Kier molecular flexibility index (Phi) is 10.5. The zero-order chi connectivity index (χ0) is 10.6. The Labute approximate surface area is 90.0 Å². The van der Waals surface area contributed by atoms with Gasteiger partial charge in [0.1, 0.15) is 0 Å². The summed E-state index contributed by atoms with van der Waals surface area (Å²) in [5.41, 5.74) is 0. The Balaban J connectivity index is 3.06. The summed E-state index contributed by atoms with van der Waals surface area (Å²) in [5.74, 6) is 0. The maximum absolute atomic E-state index is 3.72. The van der Waals surface area contributed by atoms with Crippen LogP contribution in [0, 0.1) is 0 Å². The second-order valence-electron chi connectivity index (χ2n) is 4.14. The largest absolute Gasteiger partial charge is 0.314 e. The standard InChI is InChI=1S/C13H27N/c1-4-6-8-9-10-12-14-13(3)11-7-5-2/h4,13-14H,1,5-12H2,2-3H3. The van der Waals surface area contributed by atoms with E-state index >= 15 is 0 Å². The van der Waals surface area contributed by atoms with Crippen LogP contribution >= 0.6 is 0 Å². The van der Waals surface area contributed by atoms with Crippen LogP contribution in [0.15, 0.2) is 12.7 Å². The van der Waals surface area contributed by atoms with E-state index in [9.17, 15) is 0 Å². The van der Waals surface area contributed by atoms with Crippen molar-refractivity contribution in [1.29, 1.82) is 0 Å². The Morgan fingerprint density at radius 3 is 2.64 bits per heavy atom. The highest BCUT2D eigenvalue weighted by Gasteiger charge is 1.98. The molecule has 1 nitrogen and oxygen atoms in total. The van der Waals surface area contributed by atoms with E-state index < -0.39 is 0 Å². The van der Waals surface area contributed by atoms with Crippen molar-refractivity contribution in [2.45, 2.75) is 64.8 Å². The molecule has 0 bridgehead atoms. The molecule has 1 atom stereocenters. The topological polar surface area (TPSA) is 12.0 Å². The van der Waals surface area contributed by atoms with E-state index in [1.165, 1.54) is 51.5 Å². The second kappa shape index (κ2) is 10.8. The van der Waals surface area contributed by atoms with Gasteiger partial charge in [-0.1, -0.05) is 32.3 Å². The molecule has 0 spiro atoms. The Hall–Kier alpha value is -0.300. The van der Waals surface area contributed by atoms with Gasteiger partial charge in [-0.15, -0.1) is 6.58 Å². The van der Waals surface area contributed by atoms with E-state index in [1.807, 2.05) is 6.08 Å². The summed E-state index contributed by atoms with van der Waals surface area (Å²) in [6.45, 7) is 9.45. The number of rotatable bonds is 10. The van der Waals surface area contributed by atoms with Crippen molar-refractivity contribution in [1.82, 2.24) is 5.32 Å². The summed E-state index contributed by atoms with van der Waals surface area (Å²) in [5, 5.41) is 3.57. The lowest BCUT2D eigenvalue weighted by Crippen LogP contribution is -2.26. The summed E-state index contributed by atoms with van der Waals surface area (Å²) in [6, 6.07) is 0.703. The van der Waals surface area contributed by atoms with Crippen molar-refractivity contribution >= 4 is 0 Å². The molecule has 1 N–H and O–H groups in total. The number of nitrogens with one attached hydrogen (secondary N) is 1. The van der Waals surface area contributed by atoms with Crippen LogP contribution in [0.5, 0.6) is 0 Å².